The zero-order valence-corrected chi connectivity index (χ0v) is 12.3. The molecule has 102 valence electrons. The van der Waals surface area contributed by atoms with Crippen molar-refractivity contribution in [2.75, 3.05) is 11.0 Å². The lowest BCUT2D eigenvalue weighted by Crippen LogP contribution is -2.10. The van der Waals surface area contributed by atoms with Crippen LogP contribution in [-0.2, 0) is 16.6 Å². The zero-order valence-electron chi connectivity index (χ0n) is 9.97. The van der Waals surface area contributed by atoms with E-state index in [0.29, 0.717) is 16.6 Å². The Hall–Kier alpha value is -1.24. The molecule has 0 spiro atoms. The van der Waals surface area contributed by atoms with Crippen LogP contribution in [0.1, 0.15) is 5.56 Å². The van der Waals surface area contributed by atoms with Crippen molar-refractivity contribution in [3.8, 4) is 0 Å². The van der Waals surface area contributed by atoms with Gasteiger partial charge in [0.25, 0.3) is 0 Å². The fourth-order valence-corrected chi connectivity index (χ4v) is 2.48. The Labute approximate surface area is 121 Å². The van der Waals surface area contributed by atoms with Gasteiger partial charge >= 0.3 is 0 Å². The first-order chi connectivity index (χ1) is 8.83. The van der Waals surface area contributed by atoms with Gasteiger partial charge in [0.05, 0.1) is 12.8 Å². The topological polar surface area (TPSA) is 64.0 Å². The maximum absolute atomic E-state index is 11.1. The van der Waals surface area contributed by atoms with Crippen LogP contribution in [0.5, 0.6) is 0 Å². The minimum absolute atomic E-state index is 0.271. The molecule has 0 saturated heterocycles. The molecule has 19 heavy (non-hydrogen) atoms. The van der Waals surface area contributed by atoms with Crippen molar-refractivity contribution in [2.24, 2.45) is 0 Å². The lowest BCUT2D eigenvalue weighted by Gasteiger charge is -2.05. The van der Waals surface area contributed by atoms with E-state index in [0.717, 1.165) is 11.8 Å². The standard InChI is InChI=1S/C11H11Cl2N3O2S/c1-19(17,18)15-11-4-5-16(14-11)7-8-2-3-9(12)6-10(8)13/h2-6H,7H2,1H3,(H,14,15). The number of hydrogen-bond acceptors (Lipinski definition) is 3. The van der Waals surface area contributed by atoms with Crippen molar-refractivity contribution < 1.29 is 8.42 Å². The highest BCUT2D eigenvalue weighted by Gasteiger charge is 2.07. The molecule has 0 aliphatic rings. The van der Waals surface area contributed by atoms with Gasteiger partial charge < -0.3 is 0 Å². The fourth-order valence-electron chi connectivity index (χ4n) is 1.52. The lowest BCUT2D eigenvalue weighted by atomic mass is 10.2. The zero-order chi connectivity index (χ0) is 14.0. The molecule has 1 heterocycles. The third-order valence-corrected chi connectivity index (χ3v) is 3.44. The summed E-state index contributed by atoms with van der Waals surface area (Å²) in [5.74, 6) is 0.271. The molecular formula is C11H11Cl2N3O2S. The Kier molecular flexibility index (Phi) is 4.03. The van der Waals surface area contributed by atoms with Crippen LogP contribution in [-0.4, -0.2) is 24.5 Å². The molecule has 1 N–H and O–H groups in total. The predicted molar refractivity (Wildman–Crippen MR) is 76.3 cm³/mol. The van der Waals surface area contributed by atoms with Crippen LogP contribution in [0.15, 0.2) is 30.5 Å². The molecule has 0 aliphatic heterocycles. The summed E-state index contributed by atoms with van der Waals surface area (Å²) < 4.78 is 26.0. The van der Waals surface area contributed by atoms with E-state index in [1.165, 1.54) is 0 Å². The highest BCUT2D eigenvalue weighted by molar-refractivity contribution is 7.92. The van der Waals surface area contributed by atoms with Gasteiger partial charge in [-0.15, -0.1) is 0 Å². The first-order valence-corrected chi connectivity index (χ1v) is 7.93. The van der Waals surface area contributed by atoms with Gasteiger partial charge in [0.1, 0.15) is 0 Å². The average molecular weight is 320 g/mol. The molecule has 1 aromatic heterocycles. The highest BCUT2D eigenvalue weighted by Crippen LogP contribution is 2.21. The quantitative estimate of drug-likeness (QED) is 0.942. The van der Waals surface area contributed by atoms with Crippen molar-refractivity contribution in [2.45, 2.75) is 6.54 Å². The van der Waals surface area contributed by atoms with E-state index in [4.69, 9.17) is 23.2 Å². The number of sulfonamides is 1. The summed E-state index contributed by atoms with van der Waals surface area (Å²) in [6.07, 6.45) is 2.74. The lowest BCUT2D eigenvalue weighted by molar-refractivity contribution is 0.606. The van der Waals surface area contributed by atoms with Gasteiger partial charge in [-0.05, 0) is 17.7 Å². The van der Waals surface area contributed by atoms with Gasteiger partial charge in [-0.2, -0.15) is 5.10 Å². The van der Waals surface area contributed by atoms with Gasteiger partial charge in [-0.1, -0.05) is 29.3 Å². The third kappa shape index (κ3) is 4.12. The highest BCUT2D eigenvalue weighted by atomic mass is 35.5. The molecule has 8 heteroatoms. The van der Waals surface area contributed by atoms with E-state index in [9.17, 15) is 8.42 Å². The van der Waals surface area contributed by atoms with E-state index in [1.54, 1.807) is 35.1 Å². The van der Waals surface area contributed by atoms with E-state index in [2.05, 4.69) is 9.82 Å². The Morgan fingerprint density at radius 1 is 1.32 bits per heavy atom. The first kappa shape index (κ1) is 14.2. The van der Waals surface area contributed by atoms with Crippen LogP contribution < -0.4 is 4.72 Å². The fraction of sp³-hybridized carbons (Fsp3) is 0.182. The van der Waals surface area contributed by atoms with Gasteiger partial charge in [0.15, 0.2) is 5.82 Å². The maximum Gasteiger partial charge on any atom is 0.231 e. The number of halogens is 2. The van der Waals surface area contributed by atoms with Crippen LogP contribution in [0.2, 0.25) is 10.0 Å². The predicted octanol–water partition coefficient (Wildman–Crippen LogP) is 2.61. The second-order valence-electron chi connectivity index (χ2n) is 4.01. The molecule has 0 bridgehead atoms. The SMILES string of the molecule is CS(=O)(=O)Nc1ccn(Cc2ccc(Cl)cc2Cl)n1. The van der Waals surface area contributed by atoms with Crippen LogP contribution in [0.25, 0.3) is 0 Å². The largest absolute Gasteiger partial charge is 0.266 e. The molecule has 0 fully saturated rings. The number of benzene rings is 1. The van der Waals surface area contributed by atoms with Crippen molar-refractivity contribution in [1.29, 1.82) is 0 Å². The van der Waals surface area contributed by atoms with Gasteiger partial charge in [0, 0.05) is 22.3 Å². The monoisotopic (exact) mass is 319 g/mol. The molecule has 0 saturated carbocycles. The van der Waals surface area contributed by atoms with Crippen LogP contribution in [0, 0.1) is 0 Å². The van der Waals surface area contributed by atoms with Crippen LogP contribution >= 0.6 is 23.2 Å². The molecule has 0 unspecified atom stereocenters. The molecule has 2 aromatic rings. The Bertz CT molecular complexity index is 698. The summed E-state index contributed by atoms with van der Waals surface area (Å²) in [4.78, 5) is 0. The third-order valence-electron chi connectivity index (χ3n) is 2.28. The van der Waals surface area contributed by atoms with E-state index >= 15 is 0 Å². The number of aromatic nitrogens is 2. The molecule has 0 amide bonds. The smallest absolute Gasteiger partial charge is 0.231 e. The first-order valence-electron chi connectivity index (χ1n) is 5.29. The summed E-state index contributed by atoms with van der Waals surface area (Å²) in [6, 6.07) is 6.76. The van der Waals surface area contributed by atoms with Gasteiger partial charge in [-0.3, -0.25) is 9.40 Å². The summed E-state index contributed by atoms with van der Waals surface area (Å²) in [5, 5.41) is 5.19. The van der Waals surface area contributed by atoms with Crippen LogP contribution in [0.4, 0.5) is 5.82 Å². The maximum atomic E-state index is 11.1. The number of anilines is 1. The Balaban J connectivity index is 2.16. The number of hydrogen-bond donors (Lipinski definition) is 1. The Morgan fingerprint density at radius 3 is 2.68 bits per heavy atom. The van der Waals surface area contributed by atoms with Gasteiger partial charge in [0.2, 0.25) is 10.0 Å². The average Bonchev–Trinajstić information content (AvgIpc) is 2.67. The number of nitrogens with zero attached hydrogens (tertiary/aromatic N) is 2. The normalized spacial score (nSPS) is 11.5. The molecule has 1 aromatic carbocycles. The van der Waals surface area contributed by atoms with Crippen molar-refractivity contribution in [1.82, 2.24) is 9.78 Å². The number of rotatable bonds is 4. The van der Waals surface area contributed by atoms with Crippen molar-refractivity contribution in [3.63, 3.8) is 0 Å². The van der Waals surface area contributed by atoms with Crippen molar-refractivity contribution >= 4 is 39.0 Å². The second kappa shape index (κ2) is 5.40. The summed E-state index contributed by atoms with van der Waals surface area (Å²) in [6.45, 7) is 0.432. The molecule has 2 rings (SSSR count). The van der Waals surface area contributed by atoms with Gasteiger partial charge in [-0.25, -0.2) is 8.42 Å². The molecule has 0 radical (unpaired) electrons. The van der Waals surface area contributed by atoms with Crippen LogP contribution in [0.3, 0.4) is 0 Å². The summed E-state index contributed by atoms with van der Waals surface area (Å²) in [5.41, 5.74) is 0.847. The molecule has 0 atom stereocenters. The van der Waals surface area contributed by atoms with E-state index in [-0.39, 0.29) is 5.82 Å². The molecule has 0 aliphatic carbocycles. The second-order valence-corrected chi connectivity index (χ2v) is 6.60. The summed E-state index contributed by atoms with van der Waals surface area (Å²) >= 11 is 11.9. The Morgan fingerprint density at radius 2 is 2.05 bits per heavy atom. The number of nitrogens with one attached hydrogen (secondary N) is 1. The van der Waals surface area contributed by atoms with Crippen molar-refractivity contribution in [3.05, 3.63) is 46.1 Å². The summed E-state index contributed by atoms with van der Waals surface area (Å²) in [7, 11) is -3.32. The minimum Gasteiger partial charge on any atom is -0.266 e. The molecule has 5 nitrogen and oxygen atoms in total. The van der Waals surface area contributed by atoms with E-state index < -0.39 is 10.0 Å². The minimum atomic E-state index is -3.32. The van der Waals surface area contributed by atoms with E-state index in [1.807, 2.05) is 0 Å². The molecular weight excluding hydrogens is 309 g/mol.